The molecule has 2 bridgehead atoms. The van der Waals surface area contributed by atoms with Crippen LogP contribution in [0.25, 0.3) is 0 Å². The summed E-state index contributed by atoms with van der Waals surface area (Å²) < 4.78 is 0.419. The van der Waals surface area contributed by atoms with Gasteiger partial charge < -0.3 is 0 Å². The quantitative estimate of drug-likeness (QED) is 0.555. The molecule has 57 valence electrons. The number of rotatable bonds is 0. The van der Waals surface area contributed by atoms with E-state index in [9.17, 15) is 0 Å². The average molecular weight is 224 g/mol. The second-order valence-corrected chi connectivity index (χ2v) is 6.23. The minimum atomic E-state index is 0.419. The molecule has 0 aromatic carbocycles. The fourth-order valence-corrected chi connectivity index (χ4v) is 3.06. The van der Waals surface area contributed by atoms with Crippen LogP contribution in [-0.4, -0.2) is 0 Å². The topological polar surface area (TPSA) is 0 Å². The van der Waals surface area contributed by atoms with Gasteiger partial charge in [-0.15, -0.1) is 0 Å². The molecule has 0 amide bonds. The first-order valence-electron chi connectivity index (χ1n) is 4.18. The van der Waals surface area contributed by atoms with Crippen molar-refractivity contribution in [2.24, 2.45) is 11.3 Å². The molecule has 2 aliphatic rings. The van der Waals surface area contributed by atoms with Crippen LogP contribution in [-0.2, 0) is 24.7 Å². The average Bonchev–Trinajstić information content (AvgIpc) is 2.17. The van der Waals surface area contributed by atoms with Crippen LogP contribution in [0, 0.1) is 11.3 Å². The Bertz CT molecular complexity index is 233. The van der Waals surface area contributed by atoms with E-state index in [1.54, 1.807) is 24.7 Å². The van der Waals surface area contributed by atoms with E-state index in [1.165, 1.54) is 6.42 Å². The van der Waals surface area contributed by atoms with E-state index >= 15 is 0 Å². The molecule has 0 fully saturated rings. The molecule has 0 aromatic rings. The maximum atomic E-state index is 2.42. The predicted octanol–water partition coefficient (Wildman–Crippen LogP) is 2.86. The van der Waals surface area contributed by atoms with E-state index in [4.69, 9.17) is 0 Å². The fraction of sp³-hybridized carbons (Fsp3) is 0.600. The van der Waals surface area contributed by atoms with Crippen molar-refractivity contribution in [1.82, 2.24) is 0 Å². The zero-order chi connectivity index (χ0) is 8.11. The number of hydrogen-bond acceptors (Lipinski definition) is 0. The van der Waals surface area contributed by atoms with Gasteiger partial charge in [-0.1, -0.05) is 0 Å². The Hall–Kier alpha value is 0.363. The van der Waals surface area contributed by atoms with Crippen molar-refractivity contribution in [3.8, 4) is 0 Å². The van der Waals surface area contributed by atoms with Crippen LogP contribution in [0.4, 0.5) is 0 Å². The van der Waals surface area contributed by atoms with E-state index < -0.39 is 0 Å². The predicted molar refractivity (Wildman–Crippen MR) is 42.9 cm³/mol. The molecule has 0 radical (unpaired) electrons. The normalized spacial score (nSPS) is 44.6. The Morgan fingerprint density at radius 2 is 2.09 bits per heavy atom. The minimum absolute atomic E-state index is 0.419. The van der Waals surface area contributed by atoms with Crippen molar-refractivity contribution in [3.05, 3.63) is 24.3 Å². The van der Waals surface area contributed by atoms with Gasteiger partial charge in [-0.25, -0.2) is 0 Å². The van der Waals surface area contributed by atoms with Gasteiger partial charge in [0, 0.05) is 0 Å². The van der Waals surface area contributed by atoms with Crippen molar-refractivity contribution in [3.63, 3.8) is 0 Å². The first kappa shape index (κ1) is 7.98. The molecule has 2 aliphatic carbocycles. The molecule has 0 N–H and O–H groups in total. The van der Waals surface area contributed by atoms with Gasteiger partial charge in [-0.3, -0.25) is 0 Å². The van der Waals surface area contributed by atoms with Gasteiger partial charge in [0.25, 0.3) is 0 Å². The first-order chi connectivity index (χ1) is 5.06. The van der Waals surface area contributed by atoms with Crippen LogP contribution >= 0.6 is 0 Å². The van der Waals surface area contributed by atoms with Gasteiger partial charge in [0.1, 0.15) is 0 Å². The van der Waals surface area contributed by atoms with Gasteiger partial charge in [-0.2, -0.15) is 0 Å². The Morgan fingerprint density at radius 3 is 2.64 bits per heavy atom. The van der Waals surface area contributed by atoms with Crippen LogP contribution in [0.2, 0.25) is 3.12 Å². The zero-order valence-electron chi connectivity index (χ0n) is 7.09. The summed E-state index contributed by atoms with van der Waals surface area (Å²) in [7, 11) is 0. The standard InChI is InChI=1S/C10H13.Zr/c1-10(2)8-4-3-5-9(10)7-6-8;/h3-4,6-7,9H,5H2,1-2H3;. The fourth-order valence-electron chi connectivity index (χ4n) is 2.07. The first-order valence-corrected chi connectivity index (χ1v) is 5.41. The monoisotopic (exact) mass is 223 g/mol. The second kappa shape index (κ2) is 2.19. The Morgan fingerprint density at radius 1 is 1.36 bits per heavy atom. The van der Waals surface area contributed by atoms with E-state index in [2.05, 4.69) is 38.2 Å². The van der Waals surface area contributed by atoms with Crippen LogP contribution in [0.5, 0.6) is 0 Å². The van der Waals surface area contributed by atoms with Gasteiger partial charge >= 0.3 is 83.7 Å². The molecule has 0 aliphatic heterocycles. The zero-order valence-corrected chi connectivity index (χ0v) is 9.55. The number of allylic oxidation sites excluding steroid dienone is 4. The molecular formula is C10H13Zr. The molecule has 2 rings (SSSR count). The molecule has 0 heterocycles. The summed E-state index contributed by atoms with van der Waals surface area (Å²) >= 11 is 1.64. The summed E-state index contributed by atoms with van der Waals surface area (Å²) in [6.07, 6.45) is 10.8. The van der Waals surface area contributed by atoms with E-state index in [-0.39, 0.29) is 0 Å². The molecule has 1 heteroatoms. The summed E-state index contributed by atoms with van der Waals surface area (Å²) in [4.78, 5) is 0. The van der Waals surface area contributed by atoms with Crippen molar-refractivity contribution in [2.75, 3.05) is 0 Å². The van der Waals surface area contributed by atoms with Gasteiger partial charge in [-0.05, 0) is 0 Å². The summed E-state index contributed by atoms with van der Waals surface area (Å²) in [5.41, 5.74) is 0.486. The third-order valence-corrected chi connectivity index (χ3v) is 5.76. The molecular weight excluding hydrogens is 211 g/mol. The van der Waals surface area contributed by atoms with Crippen LogP contribution in [0.3, 0.4) is 0 Å². The van der Waals surface area contributed by atoms with Crippen molar-refractivity contribution < 1.29 is 24.7 Å². The van der Waals surface area contributed by atoms with Crippen LogP contribution < -0.4 is 0 Å². The summed E-state index contributed by atoms with van der Waals surface area (Å²) in [5, 5.41) is 0. The third-order valence-electron chi connectivity index (χ3n) is 3.36. The molecule has 2 atom stereocenters. The maximum absolute atomic E-state index is 2.42. The third kappa shape index (κ3) is 0.901. The molecule has 0 nitrogen and oxygen atoms in total. The molecule has 0 saturated carbocycles. The molecule has 0 saturated heterocycles. The van der Waals surface area contributed by atoms with E-state index in [0.717, 1.165) is 5.92 Å². The molecule has 11 heavy (non-hydrogen) atoms. The SMILES string of the molecule is CC1(C)C2C=C[C]1([Zr])C=CC2. The second-order valence-electron chi connectivity index (χ2n) is 4.19. The van der Waals surface area contributed by atoms with E-state index in [0.29, 0.717) is 8.54 Å². The van der Waals surface area contributed by atoms with E-state index in [1.807, 2.05) is 0 Å². The van der Waals surface area contributed by atoms with Crippen molar-refractivity contribution in [1.29, 1.82) is 0 Å². The summed E-state index contributed by atoms with van der Waals surface area (Å²) in [6, 6.07) is 0. The molecule has 2 unspecified atom stereocenters. The van der Waals surface area contributed by atoms with Gasteiger partial charge in [0.2, 0.25) is 0 Å². The summed E-state index contributed by atoms with van der Waals surface area (Å²) in [6.45, 7) is 4.80. The van der Waals surface area contributed by atoms with Crippen LogP contribution in [0.1, 0.15) is 20.3 Å². The number of fused-ring (bicyclic) bond motifs is 2. The Kier molecular flexibility index (Phi) is 1.59. The summed E-state index contributed by atoms with van der Waals surface area (Å²) in [5.74, 6) is 0.798. The molecule has 0 aromatic heterocycles. The number of hydrogen-bond donors (Lipinski definition) is 0. The van der Waals surface area contributed by atoms with Crippen molar-refractivity contribution >= 4 is 0 Å². The van der Waals surface area contributed by atoms with Crippen molar-refractivity contribution in [2.45, 2.75) is 23.4 Å². The van der Waals surface area contributed by atoms with Crippen LogP contribution in [0.15, 0.2) is 24.3 Å². The van der Waals surface area contributed by atoms with Gasteiger partial charge in [0.15, 0.2) is 0 Å². The Labute approximate surface area is 83.6 Å². The van der Waals surface area contributed by atoms with Gasteiger partial charge in [0.05, 0.1) is 0 Å². The molecule has 0 spiro atoms. The Balaban J connectivity index is 2.50.